The number of aromatic nitrogens is 2. The van der Waals surface area contributed by atoms with Crippen molar-refractivity contribution >= 4 is 33.4 Å². The molecule has 0 unspecified atom stereocenters. The maximum Gasteiger partial charge on any atom is 0.224 e. The Balaban J connectivity index is 2.28. The molecular formula is C14H16BrFN4. The summed E-state index contributed by atoms with van der Waals surface area (Å²) in [6.07, 6.45) is 2.70. The molecule has 0 saturated carbocycles. The number of aryl methyl sites for hydroxylation is 1. The molecule has 2 N–H and O–H groups in total. The first-order valence-electron chi connectivity index (χ1n) is 6.40. The predicted molar refractivity (Wildman–Crippen MR) is 82.9 cm³/mol. The minimum Gasteiger partial charge on any atom is -0.354 e. The van der Waals surface area contributed by atoms with E-state index < -0.39 is 0 Å². The average Bonchev–Trinajstić information content (AvgIpc) is 2.43. The summed E-state index contributed by atoms with van der Waals surface area (Å²) >= 11 is 3.33. The average molecular weight is 339 g/mol. The summed E-state index contributed by atoms with van der Waals surface area (Å²) in [5, 5.41) is 6.12. The molecule has 0 atom stereocenters. The topological polar surface area (TPSA) is 49.8 Å². The Labute approximate surface area is 126 Å². The zero-order valence-corrected chi connectivity index (χ0v) is 13.0. The fourth-order valence-electron chi connectivity index (χ4n) is 1.63. The van der Waals surface area contributed by atoms with Gasteiger partial charge < -0.3 is 10.6 Å². The Morgan fingerprint density at radius 3 is 2.85 bits per heavy atom. The van der Waals surface area contributed by atoms with Crippen LogP contribution < -0.4 is 10.6 Å². The van der Waals surface area contributed by atoms with E-state index in [0.29, 0.717) is 21.9 Å². The van der Waals surface area contributed by atoms with E-state index in [1.165, 1.54) is 6.07 Å². The fraction of sp³-hybridized carbons (Fsp3) is 0.286. The van der Waals surface area contributed by atoms with Gasteiger partial charge in [-0.05, 0) is 41.4 Å². The highest BCUT2D eigenvalue weighted by Crippen LogP contribution is 2.29. The number of hydrogen-bond acceptors (Lipinski definition) is 4. The van der Waals surface area contributed by atoms with Crippen LogP contribution in [0.1, 0.15) is 18.9 Å². The van der Waals surface area contributed by atoms with Gasteiger partial charge in [0.05, 0.1) is 5.69 Å². The highest BCUT2D eigenvalue weighted by Gasteiger charge is 2.10. The molecule has 0 aliphatic rings. The standard InChI is InChI=1S/C14H16BrFN4/c1-3-7-17-14-18-8-9(2)13(20-14)19-12-10(15)5-4-6-11(12)16/h4-6,8H,3,7H2,1-2H3,(H2,17,18,19,20). The summed E-state index contributed by atoms with van der Waals surface area (Å²) < 4.78 is 14.5. The number of para-hydroxylation sites is 1. The minimum atomic E-state index is -0.333. The van der Waals surface area contributed by atoms with Crippen molar-refractivity contribution in [2.75, 3.05) is 17.2 Å². The van der Waals surface area contributed by atoms with Gasteiger partial charge in [0.25, 0.3) is 0 Å². The van der Waals surface area contributed by atoms with Gasteiger partial charge in [-0.25, -0.2) is 9.37 Å². The van der Waals surface area contributed by atoms with Crippen molar-refractivity contribution in [1.82, 2.24) is 9.97 Å². The van der Waals surface area contributed by atoms with E-state index in [1.54, 1.807) is 18.3 Å². The van der Waals surface area contributed by atoms with Crippen molar-refractivity contribution in [3.8, 4) is 0 Å². The lowest BCUT2D eigenvalue weighted by Crippen LogP contribution is -2.07. The van der Waals surface area contributed by atoms with Crippen LogP contribution in [0.15, 0.2) is 28.9 Å². The van der Waals surface area contributed by atoms with E-state index in [9.17, 15) is 4.39 Å². The molecule has 106 valence electrons. The van der Waals surface area contributed by atoms with Crippen LogP contribution in [0.4, 0.5) is 21.8 Å². The number of nitrogens with one attached hydrogen (secondary N) is 2. The van der Waals surface area contributed by atoms with Crippen LogP contribution in [0.2, 0.25) is 0 Å². The van der Waals surface area contributed by atoms with E-state index in [0.717, 1.165) is 18.5 Å². The van der Waals surface area contributed by atoms with E-state index in [-0.39, 0.29) is 5.82 Å². The SMILES string of the molecule is CCCNc1ncc(C)c(Nc2c(F)cccc2Br)n1. The molecule has 0 spiro atoms. The molecule has 6 heteroatoms. The number of nitrogens with zero attached hydrogens (tertiary/aromatic N) is 2. The van der Waals surface area contributed by atoms with Gasteiger partial charge in [0.2, 0.25) is 5.95 Å². The lowest BCUT2D eigenvalue weighted by molar-refractivity contribution is 0.631. The molecule has 20 heavy (non-hydrogen) atoms. The number of hydrogen-bond donors (Lipinski definition) is 2. The van der Waals surface area contributed by atoms with Crippen LogP contribution in [0.25, 0.3) is 0 Å². The first-order valence-corrected chi connectivity index (χ1v) is 7.19. The van der Waals surface area contributed by atoms with E-state index in [2.05, 4.69) is 43.5 Å². The molecule has 1 heterocycles. The number of rotatable bonds is 5. The zero-order valence-electron chi connectivity index (χ0n) is 11.4. The van der Waals surface area contributed by atoms with Gasteiger partial charge in [-0.1, -0.05) is 13.0 Å². The lowest BCUT2D eigenvalue weighted by Gasteiger charge is -2.12. The fourth-order valence-corrected chi connectivity index (χ4v) is 2.07. The van der Waals surface area contributed by atoms with Gasteiger partial charge in [-0.3, -0.25) is 0 Å². The predicted octanol–water partition coefficient (Wildman–Crippen LogP) is 4.25. The molecule has 4 nitrogen and oxygen atoms in total. The molecule has 2 aromatic rings. The van der Waals surface area contributed by atoms with Crippen LogP contribution in [-0.2, 0) is 0 Å². The molecule has 0 amide bonds. The second-order valence-electron chi connectivity index (χ2n) is 4.37. The van der Waals surface area contributed by atoms with Crippen LogP contribution in [0.3, 0.4) is 0 Å². The monoisotopic (exact) mass is 338 g/mol. The second-order valence-corrected chi connectivity index (χ2v) is 5.23. The van der Waals surface area contributed by atoms with Gasteiger partial charge in [0, 0.05) is 22.8 Å². The molecule has 0 aliphatic carbocycles. The molecule has 0 saturated heterocycles. The van der Waals surface area contributed by atoms with E-state index in [4.69, 9.17) is 0 Å². The van der Waals surface area contributed by atoms with Crippen molar-refractivity contribution < 1.29 is 4.39 Å². The highest BCUT2D eigenvalue weighted by molar-refractivity contribution is 9.10. The van der Waals surface area contributed by atoms with Crippen molar-refractivity contribution in [3.63, 3.8) is 0 Å². The smallest absolute Gasteiger partial charge is 0.224 e. The summed E-state index contributed by atoms with van der Waals surface area (Å²) in [5.41, 5.74) is 1.22. The maximum atomic E-state index is 13.8. The van der Waals surface area contributed by atoms with Crippen LogP contribution in [0.5, 0.6) is 0 Å². The van der Waals surface area contributed by atoms with Gasteiger partial charge >= 0.3 is 0 Å². The third-order valence-corrected chi connectivity index (χ3v) is 3.37. The summed E-state index contributed by atoms with van der Waals surface area (Å²) in [4.78, 5) is 8.56. The molecule has 0 aliphatic heterocycles. The second kappa shape index (κ2) is 6.65. The molecule has 1 aromatic carbocycles. The Morgan fingerprint density at radius 1 is 1.35 bits per heavy atom. The molecule has 2 rings (SSSR count). The lowest BCUT2D eigenvalue weighted by atomic mass is 10.3. The first kappa shape index (κ1) is 14.7. The zero-order chi connectivity index (χ0) is 14.5. The van der Waals surface area contributed by atoms with Crippen molar-refractivity contribution in [2.24, 2.45) is 0 Å². The number of anilines is 3. The largest absolute Gasteiger partial charge is 0.354 e. The number of benzene rings is 1. The third-order valence-electron chi connectivity index (χ3n) is 2.71. The quantitative estimate of drug-likeness (QED) is 0.855. The van der Waals surface area contributed by atoms with Gasteiger partial charge in [-0.15, -0.1) is 0 Å². The summed E-state index contributed by atoms with van der Waals surface area (Å²) in [6.45, 7) is 4.74. The Bertz CT molecular complexity index is 583. The van der Waals surface area contributed by atoms with Gasteiger partial charge in [0.1, 0.15) is 11.6 Å². The maximum absolute atomic E-state index is 13.8. The van der Waals surface area contributed by atoms with E-state index >= 15 is 0 Å². The highest BCUT2D eigenvalue weighted by atomic mass is 79.9. The van der Waals surface area contributed by atoms with Crippen molar-refractivity contribution in [2.45, 2.75) is 20.3 Å². The van der Waals surface area contributed by atoms with Crippen LogP contribution >= 0.6 is 15.9 Å². The Hall–Kier alpha value is -1.69. The normalized spacial score (nSPS) is 10.4. The minimum absolute atomic E-state index is 0.333. The summed E-state index contributed by atoms with van der Waals surface area (Å²) in [5.74, 6) is 0.789. The molecule has 1 aromatic heterocycles. The Kier molecular flexibility index (Phi) is 4.89. The molecule has 0 radical (unpaired) electrons. The van der Waals surface area contributed by atoms with Crippen LogP contribution in [0, 0.1) is 12.7 Å². The van der Waals surface area contributed by atoms with Crippen molar-refractivity contribution in [3.05, 3.63) is 40.2 Å². The first-order chi connectivity index (χ1) is 9.61. The van der Waals surface area contributed by atoms with Crippen molar-refractivity contribution in [1.29, 1.82) is 0 Å². The third kappa shape index (κ3) is 3.45. The summed E-state index contributed by atoms with van der Waals surface area (Å²) in [6, 6.07) is 4.82. The van der Waals surface area contributed by atoms with E-state index in [1.807, 2.05) is 6.92 Å². The molecule has 0 bridgehead atoms. The Morgan fingerprint density at radius 2 is 2.15 bits per heavy atom. The molecule has 0 fully saturated rings. The number of halogens is 2. The molecular weight excluding hydrogens is 323 g/mol. The van der Waals surface area contributed by atoms with Crippen LogP contribution in [-0.4, -0.2) is 16.5 Å². The van der Waals surface area contributed by atoms with Gasteiger partial charge in [-0.2, -0.15) is 4.98 Å². The van der Waals surface area contributed by atoms with Gasteiger partial charge in [0.15, 0.2) is 0 Å². The summed E-state index contributed by atoms with van der Waals surface area (Å²) in [7, 11) is 0.